The van der Waals surface area contributed by atoms with Gasteiger partial charge in [-0.2, -0.15) is 0 Å². The average molecular weight is 741 g/mol. The largest absolute Gasteiger partial charge is 0.756 e. The fourth-order valence-corrected chi connectivity index (χ4v) is 6.43. The molecule has 300 valence electrons. The molecule has 0 aliphatic carbocycles. The van der Waals surface area contributed by atoms with Crippen LogP contribution in [0.25, 0.3) is 0 Å². The molecule has 8 nitrogen and oxygen atoms in total. The molecule has 0 aliphatic heterocycles. The second-order valence-corrected chi connectivity index (χ2v) is 16.8. The smallest absolute Gasteiger partial charge is 0.268 e. The number of phosphoric acid groups is 1. The van der Waals surface area contributed by atoms with Gasteiger partial charge in [0.1, 0.15) is 13.2 Å². The van der Waals surface area contributed by atoms with Crippen LogP contribution in [-0.2, 0) is 18.4 Å². The van der Waals surface area contributed by atoms with Gasteiger partial charge in [-0.3, -0.25) is 9.36 Å². The number of unbranched alkanes of at least 4 members (excludes halogenated alkanes) is 20. The summed E-state index contributed by atoms with van der Waals surface area (Å²) < 4.78 is 23.0. The van der Waals surface area contributed by atoms with E-state index in [9.17, 15) is 19.4 Å². The highest BCUT2D eigenvalue weighted by Crippen LogP contribution is 2.38. The highest BCUT2D eigenvalue weighted by molar-refractivity contribution is 7.45. The number of carbonyl (C=O) groups is 1. The Kier molecular flexibility index (Phi) is 33.6. The van der Waals surface area contributed by atoms with Gasteiger partial charge in [-0.1, -0.05) is 153 Å². The van der Waals surface area contributed by atoms with Crippen molar-refractivity contribution in [2.45, 2.75) is 187 Å². The normalized spacial score (nSPS) is 14.9. The summed E-state index contributed by atoms with van der Waals surface area (Å²) in [7, 11) is 1.25. The molecule has 2 N–H and O–H groups in total. The molecule has 0 heterocycles. The average Bonchev–Trinajstić information content (AvgIpc) is 3.07. The molecule has 0 aromatic rings. The van der Waals surface area contributed by atoms with Crippen molar-refractivity contribution >= 4 is 13.7 Å². The van der Waals surface area contributed by atoms with Crippen molar-refractivity contribution in [3.63, 3.8) is 0 Å². The van der Waals surface area contributed by atoms with Crippen LogP contribution >= 0.6 is 7.82 Å². The number of aliphatic hydroxyl groups excluding tert-OH is 1. The van der Waals surface area contributed by atoms with Crippen LogP contribution in [0.4, 0.5) is 0 Å². The molecule has 0 aromatic heterocycles. The highest BCUT2D eigenvalue weighted by atomic mass is 31.2. The Labute approximate surface area is 315 Å². The molecular weight excluding hydrogens is 659 g/mol. The standard InChI is InChI=1S/C42H81N2O6P/c1-6-8-10-12-14-15-16-17-18-19-20-21-22-23-24-25-26-27-28-29-30-32-34-36-42(46)43-40(41(45)35-33-31-13-11-9-7-2)39-50-51(47,48)49-38-37-44(3,4)5/h16-17,19-20,33,35,40-41,45H,6-15,18,21-32,34,36-39H2,1-5H3,(H-,43,46,47,48)/b17-16-,20-19-,35-33+. The number of carbonyl (C=O) groups excluding carboxylic acids is 1. The predicted molar refractivity (Wildman–Crippen MR) is 215 cm³/mol. The van der Waals surface area contributed by atoms with E-state index in [-0.39, 0.29) is 19.1 Å². The van der Waals surface area contributed by atoms with Crippen LogP contribution < -0.4 is 10.2 Å². The first kappa shape index (κ1) is 49.7. The summed E-state index contributed by atoms with van der Waals surface area (Å²) in [5.41, 5.74) is 0. The number of allylic oxidation sites excluding steroid dienone is 5. The second kappa shape index (κ2) is 34.5. The van der Waals surface area contributed by atoms with Crippen LogP contribution in [0.15, 0.2) is 36.5 Å². The maximum absolute atomic E-state index is 12.7. The summed E-state index contributed by atoms with van der Waals surface area (Å²) in [6, 6.07) is -0.882. The predicted octanol–water partition coefficient (Wildman–Crippen LogP) is 10.5. The summed E-state index contributed by atoms with van der Waals surface area (Å²) in [5.74, 6) is -0.207. The quantitative estimate of drug-likeness (QED) is 0.0284. The number of quaternary nitrogens is 1. The zero-order valence-corrected chi connectivity index (χ0v) is 34.7. The SMILES string of the molecule is CCCCCC/C=C/C(O)C(COP(=O)([O-])OCC[N+](C)(C)C)NC(=O)CCCCCCCCCCCCC/C=C\C/C=C\CCCCCCC. The molecule has 0 saturated heterocycles. The second-order valence-electron chi connectivity index (χ2n) is 15.3. The summed E-state index contributed by atoms with van der Waals surface area (Å²) in [4.78, 5) is 25.1. The number of nitrogens with one attached hydrogen (secondary N) is 1. The molecule has 3 unspecified atom stereocenters. The van der Waals surface area contributed by atoms with Crippen molar-refractivity contribution in [2.75, 3.05) is 40.9 Å². The van der Waals surface area contributed by atoms with E-state index in [2.05, 4.69) is 43.5 Å². The minimum atomic E-state index is -4.57. The topological polar surface area (TPSA) is 108 Å². The first-order valence-corrected chi connectivity index (χ1v) is 22.3. The zero-order valence-electron chi connectivity index (χ0n) is 33.8. The summed E-state index contributed by atoms with van der Waals surface area (Å²) >= 11 is 0. The van der Waals surface area contributed by atoms with Gasteiger partial charge in [0.2, 0.25) is 5.91 Å². The van der Waals surface area contributed by atoms with Gasteiger partial charge < -0.3 is 28.8 Å². The Balaban J connectivity index is 4.13. The molecule has 0 radical (unpaired) electrons. The Morgan fingerprint density at radius 1 is 0.686 bits per heavy atom. The summed E-state index contributed by atoms with van der Waals surface area (Å²) in [6.45, 7) is 4.54. The molecule has 0 aromatic carbocycles. The van der Waals surface area contributed by atoms with E-state index in [4.69, 9.17) is 9.05 Å². The van der Waals surface area contributed by atoms with Gasteiger partial charge in [0.25, 0.3) is 7.82 Å². The molecule has 0 rings (SSSR count). The van der Waals surface area contributed by atoms with Crippen molar-refractivity contribution in [3.05, 3.63) is 36.5 Å². The molecule has 0 spiro atoms. The fraction of sp³-hybridized carbons (Fsp3) is 0.833. The Morgan fingerprint density at radius 3 is 1.65 bits per heavy atom. The van der Waals surface area contributed by atoms with Crippen LogP contribution in [0.1, 0.15) is 174 Å². The van der Waals surface area contributed by atoms with Crippen LogP contribution in [0.2, 0.25) is 0 Å². The summed E-state index contributed by atoms with van der Waals surface area (Å²) in [5, 5.41) is 13.6. The molecule has 51 heavy (non-hydrogen) atoms. The van der Waals surface area contributed by atoms with E-state index in [1.54, 1.807) is 6.08 Å². The van der Waals surface area contributed by atoms with Gasteiger partial charge in [-0.15, -0.1) is 0 Å². The van der Waals surface area contributed by atoms with Gasteiger partial charge in [0, 0.05) is 6.42 Å². The minimum absolute atomic E-state index is 0.00247. The van der Waals surface area contributed by atoms with E-state index < -0.39 is 20.0 Å². The van der Waals surface area contributed by atoms with Crippen molar-refractivity contribution in [1.29, 1.82) is 0 Å². The van der Waals surface area contributed by atoms with E-state index in [0.717, 1.165) is 51.4 Å². The number of phosphoric ester groups is 1. The van der Waals surface area contributed by atoms with Crippen molar-refractivity contribution in [2.24, 2.45) is 0 Å². The van der Waals surface area contributed by atoms with Gasteiger partial charge in [-0.25, -0.2) is 0 Å². The minimum Gasteiger partial charge on any atom is -0.756 e. The Bertz CT molecular complexity index is 933. The van der Waals surface area contributed by atoms with Crippen LogP contribution in [0, 0.1) is 0 Å². The molecular formula is C42H81N2O6P. The third kappa shape index (κ3) is 36.9. The van der Waals surface area contributed by atoms with Gasteiger partial charge in [-0.05, 0) is 51.4 Å². The third-order valence-electron chi connectivity index (χ3n) is 9.09. The number of nitrogens with zero attached hydrogens (tertiary/aromatic N) is 1. The van der Waals surface area contributed by atoms with Crippen molar-refractivity contribution in [1.82, 2.24) is 5.32 Å². The lowest BCUT2D eigenvalue weighted by atomic mass is 10.0. The Morgan fingerprint density at radius 2 is 1.14 bits per heavy atom. The van der Waals surface area contributed by atoms with E-state index >= 15 is 0 Å². The molecule has 0 fully saturated rings. The maximum atomic E-state index is 12.7. The van der Waals surface area contributed by atoms with Crippen molar-refractivity contribution < 1.29 is 32.9 Å². The first-order chi connectivity index (χ1) is 24.5. The number of hydrogen-bond acceptors (Lipinski definition) is 6. The third-order valence-corrected chi connectivity index (χ3v) is 10.1. The number of rotatable bonds is 37. The lowest BCUT2D eigenvalue weighted by Crippen LogP contribution is -2.45. The van der Waals surface area contributed by atoms with Gasteiger partial charge in [0.05, 0.1) is 39.9 Å². The fourth-order valence-electron chi connectivity index (χ4n) is 5.71. The first-order valence-electron chi connectivity index (χ1n) is 20.9. The molecule has 1 amide bonds. The van der Waals surface area contributed by atoms with E-state index in [1.807, 2.05) is 27.2 Å². The van der Waals surface area contributed by atoms with Crippen molar-refractivity contribution in [3.8, 4) is 0 Å². The highest BCUT2D eigenvalue weighted by Gasteiger charge is 2.23. The van der Waals surface area contributed by atoms with Crippen LogP contribution in [-0.4, -0.2) is 68.5 Å². The van der Waals surface area contributed by atoms with Crippen LogP contribution in [0.5, 0.6) is 0 Å². The lowest BCUT2D eigenvalue weighted by Gasteiger charge is -2.29. The molecule has 0 aliphatic rings. The van der Waals surface area contributed by atoms with Gasteiger partial charge >= 0.3 is 0 Å². The number of hydrogen-bond donors (Lipinski definition) is 2. The molecule has 0 bridgehead atoms. The lowest BCUT2D eigenvalue weighted by molar-refractivity contribution is -0.870. The molecule has 3 atom stereocenters. The summed E-state index contributed by atoms with van der Waals surface area (Å²) in [6.07, 6.45) is 40.8. The van der Waals surface area contributed by atoms with Crippen LogP contribution in [0.3, 0.4) is 0 Å². The molecule has 0 saturated carbocycles. The number of aliphatic hydroxyl groups is 1. The Hall–Kier alpha value is -1.28. The van der Waals surface area contributed by atoms with E-state index in [0.29, 0.717) is 17.4 Å². The van der Waals surface area contributed by atoms with E-state index in [1.165, 1.54) is 103 Å². The monoisotopic (exact) mass is 741 g/mol. The number of likely N-dealkylation sites (N-methyl/N-ethyl adjacent to an activating group) is 1. The molecule has 9 heteroatoms. The van der Waals surface area contributed by atoms with Gasteiger partial charge in [0.15, 0.2) is 0 Å². The zero-order chi connectivity index (χ0) is 37.9. The number of amides is 1. The maximum Gasteiger partial charge on any atom is 0.268 e.